The van der Waals surface area contributed by atoms with Crippen molar-refractivity contribution >= 4 is 48.0 Å². The first kappa shape index (κ1) is 30.4. The molecule has 0 saturated heterocycles. The molecule has 0 unspecified atom stereocenters. The number of benzene rings is 1. The number of phenols is 1. The summed E-state index contributed by atoms with van der Waals surface area (Å²) in [5, 5.41) is 54.9. The van der Waals surface area contributed by atoms with Crippen LogP contribution in [0.5, 0.6) is 5.75 Å². The fourth-order valence-electron chi connectivity index (χ4n) is 5.58. The molecule has 3 aliphatic carbocycles. The Morgan fingerprint density at radius 1 is 1.11 bits per heavy atom. The molecule has 0 radical (unpaired) electrons. The van der Waals surface area contributed by atoms with E-state index in [9.17, 15) is 39.9 Å². The number of hydrogen-bond acceptors (Lipinski definition) is 9. The Bertz CT molecular complexity index is 1150. The fourth-order valence-corrected chi connectivity index (χ4v) is 5.58. The standard InChI is InChI=1S/C22H24N2O8.2ClH.H2O/c1-7-8-5-4-6-9(25)11(8)16(26)12-10(7)17(27)14-15(24(2)3)18(28)13(21(23)31)20(30)22(14,32)19(12)29;;;/h4-7,10,14-15,17,25-27,30,32H,1-3H3,(H2,23,31);2*1H;1H2/t7-,10+,14+,15-,17-,22-;;;/m0.../s1. The average molecular weight is 535 g/mol. The number of amides is 1. The third-order valence-corrected chi connectivity index (χ3v) is 6.99. The van der Waals surface area contributed by atoms with Crippen LogP contribution < -0.4 is 5.73 Å². The lowest BCUT2D eigenvalue weighted by Crippen LogP contribution is -2.70. The van der Waals surface area contributed by atoms with Crippen molar-refractivity contribution in [1.29, 1.82) is 0 Å². The highest BCUT2D eigenvalue weighted by atomic mass is 35.5. The van der Waals surface area contributed by atoms with Gasteiger partial charge in [-0.3, -0.25) is 19.3 Å². The number of carbonyl (C=O) groups is 3. The van der Waals surface area contributed by atoms with Crippen LogP contribution in [0.25, 0.3) is 5.76 Å². The molecule has 0 aromatic heterocycles. The SMILES string of the molecule is C[C@H]1c2cccc(O)c2C(O)=C2C(=O)[C@]3(O)C(O)=C(C(N)=O)C(=O)[C@@H](N(C)C)[C@@H]3[C@@H](O)[C@@H]21.Cl.Cl.O. The highest BCUT2D eigenvalue weighted by Crippen LogP contribution is 2.55. The third kappa shape index (κ3) is 3.70. The summed E-state index contributed by atoms with van der Waals surface area (Å²) >= 11 is 0. The molecule has 4 rings (SSSR count). The van der Waals surface area contributed by atoms with Gasteiger partial charge in [0.05, 0.1) is 23.6 Å². The number of phenolic OH excluding ortho intramolecular Hbond substituents is 1. The van der Waals surface area contributed by atoms with E-state index in [-0.39, 0.29) is 41.6 Å². The molecule has 194 valence electrons. The molecule has 0 heterocycles. The van der Waals surface area contributed by atoms with Crippen molar-refractivity contribution < 1.29 is 45.4 Å². The lowest BCUT2D eigenvalue weighted by atomic mass is 9.54. The Morgan fingerprint density at radius 3 is 2.20 bits per heavy atom. The number of rotatable bonds is 2. The zero-order chi connectivity index (χ0) is 23.9. The Balaban J connectivity index is 0.00000204. The highest BCUT2D eigenvalue weighted by Gasteiger charge is 2.68. The lowest BCUT2D eigenvalue weighted by molar-refractivity contribution is -0.169. The number of nitrogens with two attached hydrogens (primary N) is 1. The molecule has 3 aliphatic rings. The van der Waals surface area contributed by atoms with Gasteiger partial charge in [0.15, 0.2) is 11.4 Å². The van der Waals surface area contributed by atoms with Crippen molar-refractivity contribution in [3.63, 3.8) is 0 Å². The minimum absolute atomic E-state index is 0. The number of hydrogen-bond donors (Lipinski definition) is 6. The molecule has 1 fully saturated rings. The number of carbonyl (C=O) groups excluding carboxylic acids is 3. The minimum Gasteiger partial charge on any atom is -0.508 e. The van der Waals surface area contributed by atoms with Gasteiger partial charge in [-0.1, -0.05) is 19.1 Å². The summed E-state index contributed by atoms with van der Waals surface area (Å²) in [5.41, 5.74) is 1.47. The number of halogens is 2. The van der Waals surface area contributed by atoms with E-state index in [1.165, 1.54) is 25.1 Å². The summed E-state index contributed by atoms with van der Waals surface area (Å²) in [6.45, 7) is 1.68. The van der Waals surface area contributed by atoms with E-state index in [1.54, 1.807) is 19.1 Å². The summed E-state index contributed by atoms with van der Waals surface area (Å²) in [6.07, 6.45) is -1.59. The molecule has 11 nitrogen and oxygen atoms in total. The number of aromatic hydroxyl groups is 1. The van der Waals surface area contributed by atoms with Gasteiger partial charge >= 0.3 is 0 Å². The molecule has 0 bridgehead atoms. The molecule has 13 heteroatoms. The predicted octanol–water partition coefficient (Wildman–Crippen LogP) is -0.485. The Hall–Kier alpha value is -2.67. The number of aliphatic hydroxyl groups is 4. The second-order valence-corrected chi connectivity index (χ2v) is 8.79. The van der Waals surface area contributed by atoms with Gasteiger partial charge in [-0.2, -0.15) is 0 Å². The van der Waals surface area contributed by atoms with E-state index < -0.39 is 75.6 Å². The molecular formula is C22H28Cl2N2O9. The van der Waals surface area contributed by atoms with Crippen LogP contribution in [0.4, 0.5) is 0 Å². The topological polar surface area (TPSA) is 213 Å². The molecule has 1 amide bonds. The molecule has 0 spiro atoms. The van der Waals surface area contributed by atoms with Gasteiger partial charge < -0.3 is 36.7 Å². The second-order valence-electron chi connectivity index (χ2n) is 8.79. The number of primary amides is 1. The summed E-state index contributed by atoms with van der Waals surface area (Å²) in [6, 6.07) is 3.13. The number of ketones is 2. The van der Waals surface area contributed by atoms with E-state index in [0.29, 0.717) is 5.56 Å². The van der Waals surface area contributed by atoms with Crippen molar-refractivity contribution in [3.05, 3.63) is 46.2 Å². The van der Waals surface area contributed by atoms with Crippen LogP contribution in [0.1, 0.15) is 24.0 Å². The van der Waals surface area contributed by atoms with Crippen molar-refractivity contribution in [2.45, 2.75) is 30.6 Å². The summed E-state index contributed by atoms with van der Waals surface area (Å²) in [5.74, 6) is -8.87. The predicted molar refractivity (Wildman–Crippen MR) is 128 cm³/mol. The maximum atomic E-state index is 13.7. The van der Waals surface area contributed by atoms with E-state index in [0.717, 1.165) is 0 Å². The molecule has 1 saturated carbocycles. The first-order valence-electron chi connectivity index (χ1n) is 10.0. The number of Topliss-reactive ketones (excluding diaryl/α,β-unsaturated/α-hetero) is 2. The van der Waals surface area contributed by atoms with Gasteiger partial charge in [0, 0.05) is 11.5 Å². The minimum atomic E-state index is -2.89. The maximum Gasteiger partial charge on any atom is 0.255 e. The second kappa shape index (κ2) is 9.76. The number of nitrogens with zero attached hydrogens (tertiary/aromatic N) is 1. The summed E-state index contributed by atoms with van der Waals surface area (Å²) in [7, 11) is 2.92. The molecule has 0 aliphatic heterocycles. The largest absolute Gasteiger partial charge is 0.508 e. The number of aliphatic hydroxyl groups excluding tert-OH is 3. The van der Waals surface area contributed by atoms with Crippen molar-refractivity contribution in [3.8, 4) is 5.75 Å². The van der Waals surface area contributed by atoms with Gasteiger partial charge in [-0.15, -0.1) is 24.8 Å². The molecule has 1 aromatic carbocycles. The zero-order valence-electron chi connectivity index (χ0n) is 18.9. The van der Waals surface area contributed by atoms with Gasteiger partial charge in [0.2, 0.25) is 5.78 Å². The van der Waals surface area contributed by atoms with Crippen LogP contribution >= 0.6 is 24.8 Å². The lowest BCUT2D eigenvalue weighted by Gasteiger charge is -2.53. The first-order chi connectivity index (χ1) is 14.9. The molecule has 1 aromatic rings. The molecule has 9 N–H and O–H groups in total. The molecule has 6 atom stereocenters. The number of likely N-dealkylation sites (N-methyl/N-ethyl adjacent to an activating group) is 1. The van der Waals surface area contributed by atoms with E-state index in [4.69, 9.17) is 5.73 Å². The zero-order valence-corrected chi connectivity index (χ0v) is 20.6. The van der Waals surface area contributed by atoms with Gasteiger partial charge in [-0.25, -0.2) is 0 Å². The summed E-state index contributed by atoms with van der Waals surface area (Å²) in [4.78, 5) is 40.0. The van der Waals surface area contributed by atoms with Crippen molar-refractivity contribution in [2.24, 2.45) is 17.6 Å². The third-order valence-electron chi connectivity index (χ3n) is 6.99. The Labute approximate surface area is 212 Å². The Kier molecular flexibility index (Phi) is 8.47. The Morgan fingerprint density at radius 2 is 1.69 bits per heavy atom. The summed E-state index contributed by atoms with van der Waals surface area (Å²) < 4.78 is 0. The van der Waals surface area contributed by atoms with Crippen LogP contribution in [0.3, 0.4) is 0 Å². The smallest absolute Gasteiger partial charge is 0.255 e. The molecule has 35 heavy (non-hydrogen) atoms. The quantitative estimate of drug-likeness (QED) is 0.269. The van der Waals surface area contributed by atoms with Gasteiger partial charge in [0.25, 0.3) is 5.91 Å². The van der Waals surface area contributed by atoms with Crippen LogP contribution in [-0.2, 0) is 14.4 Å². The van der Waals surface area contributed by atoms with Gasteiger partial charge in [-0.05, 0) is 31.6 Å². The normalized spacial score (nSPS) is 31.4. The van der Waals surface area contributed by atoms with Crippen molar-refractivity contribution in [2.75, 3.05) is 14.1 Å². The first-order valence-corrected chi connectivity index (χ1v) is 10.0. The maximum absolute atomic E-state index is 13.7. The van der Waals surface area contributed by atoms with Crippen molar-refractivity contribution in [1.82, 2.24) is 4.90 Å². The van der Waals surface area contributed by atoms with Crippen LogP contribution in [0, 0.1) is 11.8 Å². The van der Waals surface area contributed by atoms with E-state index in [1.807, 2.05) is 0 Å². The van der Waals surface area contributed by atoms with Crippen LogP contribution in [-0.4, -0.2) is 85.2 Å². The monoisotopic (exact) mass is 534 g/mol. The highest BCUT2D eigenvalue weighted by molar-refractivity contribution is 6.24. The van der Waals surface area contributed by atoms with Crippen LogP contribution in [0.2, 0.25) is 0 Å². The fraction of sp³-hybridized carbons (Fsp3) is 0.409. The number of fused-ring (bicyclic) bond motifs is 3. The average Bonchev–Trinajstić information content (AvgIpc) is 2.70. The van der Waals surface area contributed by atoms with Gasteiger partial charge in [0.1, 0.15) is 22.8 Å². The van der Waals surface area contributed by atoms with Crippen LogP contribution in [0.15, 0.2) is 35.1 Å². The van der Waals surface area contributed by atoms with E-state index in [2.05, 4.69) is 0 Å². The molecular weight excluding hydrogens is 507 g/mol. The van der Waals surface area contributed by atoms with E-state index >= 15 is 0 Å².